The number of halogens is 3. The fraction of sp³-hybridized carbons (Fsp3) is 0.455. The zero-order chi connectivity index (χ0) is 13.6. The number of hydrogen-bond acceptors (Lipinski definition) is 3. The van der Waals surface area contributed by atoms with E-state index < -0.39 is 18.6 Å². The van der Waals surface area contributed by atoms with Gasteiger partial charge in [-0.1, -0.05) is 6.92 Å². The number of rotatable bonds is 5. The Bertz CT molecular complexity index is 407. The Kier molecular flexibility index (Phi) is 4.94. The summed E-state index contributed by atoms with van der Waals surface area (Å²) in [6.07, 6.45) is -0.872. The minimum absolute atomic E-state index is 0.107. The Hall–Kier alpha value is -1.79. The molecular weight excluding hydrogens is 247 g/mol. The van der Waals surface area contributed by atoms with E-state index in [1.54, 1.807) is 6.07 Å². The van der Waals surface area contributed by atoms with E-state index in [2.05, 4.69) is 10.3 Å². The van der Waals surface area contributed by atoms with Gasteiger partial charge in [0.15, 0.2) is 0 Å². The molecule has 1 rings (SSSR count). The van der Waals surface area contributed by atoms with Crippen LogP contribution in [0.4, 0.5) is 18.9 Å². The van der Waals surface area contributed by atoms with Crippen LogP contribution in [0.15, 0.2) is 18.5 Å². The highest BCUT2D eigenvalue weighted by Gasteiger charge is 2.28. The number of alkyl halides is 3. The quantitative estimate of drug-likeness (QED) is 0.854. The molecule has 7 heteroatoms. The molecule has 1 amide bonds. The van der Waals surface area contributed by atoms with Crippen molar-refractivity contribution in [1.82, 2.24) is 10.3 Å². The molecular formula is C11H14F3N3O. The third kappa shape index (κ3) is 4.60. The van der Waals surface area contributed by atoms with Gasteiger partial charge in [0.2, 0.25) is 0 Å². The lowest BCUT2D eigenvalue weighted by Crippen LogP contribution is -2.34. The van der Waals surface area contributed by atoms with Gasteiger partial charge in [0.05, 0.1) is 11.3 Å². The molecule has 0 saturated heterocycles. The maximum Gasteiger partial charge on any atom is 0.405 e. The third-order valence-corrected chi connectivity index (χ3v) is 2.08. The molecule has 0 aliphatic carbocycles. The summed E-state index contributed by atoms with van der Waals surface area (Å²) in [4.78, 5) is 15.3. The molecule has 0 unspecified atom stereocenters. The van der Waals surface area contributed by atoms with Gasteiger partial charge >= 0.3 is 6.18 Å². The number of aromatic nitrogens is 1. The van der Waals surface area contributed by atoms with Crippen molar-refractivity contribution in [3.63, 3.8) is 0 Å². The van der Waals surface area contributed by atoms with Crippen molar-refractivity contribution >= 4 is 11.6 Å². The highest BCUT2D eigenvalue weighted by Crippen LogP contribution is 2.15. The van der Waals surface area contributed by atoms with Gasteiger partial charge in [-0.15, -0.1) is 0 Å². The smallest absolute Gasteiger partial charge is 0.384 e. The molecule has 18 heavy (non-hydrogen) atoms. The van der Waals surface area contributed by atoms with Gasteiger partial charge in [-0.05, 0) is 12.5 Å². The molecule has 1 heterocycles. The van der Waals surface area contributed by atoms with E-state index in [-0.39, 0.29) is 5.56 Å². The molecule has 0 atom stereocenters. The summed E-state index contributed by atoms with van der Waals surface area (Å²) < 4.78 is 36.0. The molecule has 100 valence electrons. The van der Waals surface area contributed by atoms with Crippen LogP contribution in [0.1, 0.15) is 23.7 Å². The third-order valence-electron chi connectivity index (χ3n) is 2.08. The maximum atomic E-state index is 12.0. The van der Waals surface area contributed by atoms with Gasteiger partial charge in [0.1, 0.15) is 6.54 Å². The van der Waals surface area contributed by atoms with Gasteiger partial charge in [-0.2, -0.15) is 13.2 Å². The molecule has 1 aromatic heterocycles. The van der Waals surface area contributed by atoms with Crippen LogP contribution in [-0.2, 0) is 0 Å². The summed E-state index contributed by atoms with van der Waals surface area (Å²) in [5, 5.41) is 4.77. The molecule has 0 aromatic carbocycles. The molecule has 1 aromatic rings. The first kappa shape index (κ1) is 14.3. The first-order valence-corrected chi connectivity index (χ1v) is 5.47. The van der Waals surface area contributed by atoms with E-state index in [1.807, 2.05) is 12.2 Å². The van der Waals surface area contributed by atoms with Crippen LogP contribution in [0.5, 0.6) is 0 Å². The van der Waals surface area contributed by atoms with Gasteiger partial charge < -0.3 is 10.6 Å². The van der Waals surface area contributed by atoms with Crippen LogP contribution in [0.25, 0.3) is 0 Å². The number of carbonyl (C=O) groups is 1. The normalized spacial score (nSPS) is 11.1. The second-order valence-corrected chi connectivity index (χ2v) is 3.65. The number of pyridine rings is 1. The average Bonchev–Trinajstić information content (AvgIpc) is 2.33. The Balaban J connectivity index is 2.72. The van der Waals surface area contributed by atoms with Crippen LogP contribution < -0.4 is 10.6 Å². The summed E-state index contributed by atoms with van der Waals surface area (Å²) in [6, 6.07) is 1.55. The second-order valence-electron chi connectivity index (χ2n) is 3.65. The number of amides is 1. The monoisotopic (exact) mass is 261 g/mol. The van der Waals surface area contributed by atoms with E-state index in [1.165, 1.54) is 12.4 Å². The summed E-state index contributed by atoms with van der Waals surface area (Å²) in [7, 11) is 0. The van der Waals surface area contributed by atoms with Crippen LogP contribution in [-0.4, -0.2) is 30.2 Å². The Morgan fingerprint density at radius 3 is 2.78 bits per heavy atom. The van der Waals surface area contributed by atoms with Gasteiger partial charge in [-0.25, -0.2) is 0 Å². The zero-order valence-electron chi connectivity index (χ0n) is 9.84. The molecule has 0 saturated carbocycles. The van der Waals surface area contributed by atoms with Crippen LogP contribution >= 0.6 is 0 Å². The number of carbonyl (C=O) groups excluding carboxylic acids is 1. The minimum atomic E-state index is -4.42. The van der Waals surface area contributed by atoms with Crippen molar-refractivity contribution in [2.24, 2.45) is 0 Å². The highest BCUT2D eigenvalue weighted by molar-refractivity contribution is 5.99. The van der Waals surface area contributed by atoms with Gasteiger partial charge in [-0.3, -0.25) is 9.78 Å². The van der Waals surface area contributed by atoms with Crippen molar-refractivity contribution in [2.45, 2.75) is 19.5 Å². The average molecular weight is 261 g/mol. The molecule has 0 bridgehead atoms. The Morgan fingerprint density at radius 1 is 1.44 bits per heavy atom. The first-order chi connectivity index (χ1) is 8.44. The lowest BCUT2D eigenvalue weighted by Gasteiger charge is -2.12. The largest absolute Gasteiger partial charge is 0.405 e. The van der Waals surface area contributed by atoms with Crippen LogP contribution in [0, 0.1) is 0 Å². The van der Waals surface area contributed by atoms with Gasteiger partial charge in [0.25, 0.3) is 5.91 Å². The standard InChI is InChI=1S/C11H14F3N3O/c1-2-4-16-9-3-5-15-6-8(9)10(18)17-7-11(12,13)14/h3,5-6H,2,4,7H2,1H3,(H,15,16)(H,17,18). The van der Waals surface area contributed by atoms with Crippen molar-refractivity contribution in [3.05, 3.63) is 24.0 Å². The number of anilines is 1. The number of nitrogens with zero attached hydrogens (tertiary/aromatic N) is 1. The lowest BCUT2D eigenvalue weighted by atomic mass is 10.2. The zero-order valence-corrected chi connectivity index (χ0v) is 9.84. The van der Waals surface area contributed by atoms with Gasteiger partial charge in [0, 0.05) is 18.9 Å². The summed E-state index contributed by atoms with van der Waals surface area (Å²) in [5.41, 5.74) is 0.585. The minimum Gasteiger partial charge on any atom is -0.384 e. The molecule has 0 aliphatic heterocycles. The number of nitrogens with one attached hydrogen (secondary N) is 2. The van der Waals surface area contributed by atoms with Crippen LogP contribution in [0.2, 0.25) is 0 Å². The lowest BCUT2D eigenvalue weighted by molar-refractivity contribution is -0.123. The summed E-state index contributed by atoms with van der Waals surface area (Å²) >= 11 is 0. The molecule has 0 fully saturated rings. The maximum absolute atomic E-state index is 12.0. The Morgan fingerprint density at radius 2 is 2.17 bits per heavy atom. The second kappa shape index (κ2) is 6.23. The molecule has 0 spiro atoms. The van der Waals surface area contributed by atoms with Crippen LogP contribution in [0.3, 0.4) is 0 Å². The highest BCUT2D eigenvalue weighted by atomic mass is 19.4. The summed E-state index contributed by atoms with van der Waals surface area (Å²) in [5.74, 6) is -0.793. The predicted molar refractivity (Wildman–Crippen MR) is 61.4 cm³/mol. The fourth-order valence-corrected chi connectivity index (χ4v) is 1.26. The van der Waals surface area contributed by atoms with Crippen molar-refractivity contribution in [2.75, 3.05) is 18.4 Å². The summed E-state index contributed by atoms with van der Waals surface area (Å²) in [6.45, 7) is 1.22. The first-order valence-electron chi connectivity index (χ1n) is 5.47. The van der Waals surface area contributed by atoms with Crippen molar-refractivity contribution in [1.29, 1.82) is 0 Å². The fourth-order valence-electron chi connectivity index (χ4n) is 1.26. The van der Waals surface area contributed by atoms with E-state index in [0.717, 1.165) is 6.42 Å². The molecule has 4 nitrogen and oxygen atoms in total. The SMILES string of the molecule is CCCNc1ccncc1C(=O)NCC(F)(F)F. The number of hydrogen-bond donors (Lipinski definition) is 2. The molecule has 2 N–H and O–H groups in total. The van der Waals surface area contributed by atoms with E-state index in [4.69, 9.17) is 0 Å². The van der Waals surface area contributed by atoms with E-state index in [9.17, 15) is 18.0 Å². The molecule has 0 aliphatic rings. The molecule has 0 radical (unpaired) electrons. The van der Waals surface area contributed by atoms with Crippen molar-refractivity contribution in [3.8, 4) is 0 Å². The predicted octanol–water partition coefficient (Wildman–Crippen LogP) is 2.20. The van der Waals surface area contributed by atoms with Crippen molar-refractivity contribution < 1.29 is 18.0 Å². The topological polar surface area (TPSA) is 54.0 Å². The van der Waals surface area contributed by atoms with E-state index >= 15 is 0 Å². The Labute approximate surface area is 103 Å². The van der Waals surface area contributed by atoms with E-state index in [0.29, 0.717) is 12.2 Å².